The van der Waals surface area contributed by atoms with Crippen LogP contribution in [-0.2, 0) is 25.5 Å². The number of aryl methyl sites for hydroxylation is 1. The van der Waals surface area contributed by atoms with E-state index in [0.29, 0.717) is 32.7 Å². The Balaban J connectivity index is 1.43. The summed E-state index contributed by atoms with van der Waals surface area (Å²) in [5.74, 6) is -2.08. The molecule has 3 rings (SSSR count). The first-order valence-corrected chi connectivity index (χ1v) is 10.3. The van der Waals surface area contributed by atoms with Crippen LogP contribution in [0.2, 0.25) is 0 Å². The average Bonchev–Trinajstić information content (AvgIpc) is 2.99. The topological polar surface area (TPSA) is 151 Å². The van der Waals surface area contributed by atoms with Crippen molar-refractivity contribution in [3.63, 3.8) is 0 Å². The number of piperidine rings is 1. The number of carboxylic acid groups (broad SMARTS) is 1. The standard InChI is InChI=1S/C21H25N3O8/c25-17-6-5-16(18(26)23-17)24-19(27)14-4-3-13(12-15(14)20(24)28)2-1-8-31-10-11-32-9-7-22-21(29)30/h3-4,12,16,22H,1-2,5-11H2,(H,29,30)(H,23,25,26). The molecular formula is C21H25N3O8. The summed E-state index contributed by atoms with van der Waals surface area (Å²) in [6.07, 6.45) is 0.445. The van der Waals surface area contributed by atoms with Crippen LogP contribution in [0.15, 0.2) is 18.2 Å². The van der Waals surface area contributed by atoms with E-state index in [0.717, 1.165) is 10.5 Å². The summed E-state index contributed by atoms with van der Waals surface area (Å²) < 4.78 is 10.7. The molecule has 1 atom stereocenters. The van der Waals surface area contributed by atoms with Crippen LogP contribution in [0, 0.1) is 0 Å². The molecule has 0 aromatic heterocycles. The Morgan fingerprint density at radius 3 is 2.50 bits per heavy atom. The molecule has 0 saturated carbocycles. The molecule has 11 nitrogen and oxygen atoms in total. The Morgan fingerprint density at radius 2 is 1.78 bits per heavy atom. The molecule has 0 bridgehead atoms. The lowest BCUT2D eigenvalue weighted by Crippen LogP contribution is -2.54. The summed E-state index contributed by atoms with van der Waals surface area (Å²) in [6, 6.07) is 4.06. The van der Waals surface area contributed by atoms with Crippen LogP contribution in [-0.4, -0.2) is 78.7 Å². The average molecular weight is 447 g/mol. The molecule has 172 valence electrons. The second kappa shape index (κ2) is 10.8. The van der Waals surface area contributed by atoms with Crippen LogP contribution in [0.25, 0.3) is 0 Å². The fraction of sp³-hybridized carbons (Fsp3) is 0.476. The number of imide groups is 2. The largest absolute Gasteiger partial charge is 0.465 e. The quantitative estimate of drug-likeness (QED) is 0.324. The molecule has 2 aliphatic heterocycles. The van der Waals surface area contributed by atoms with E-state index in [2.05, 4.69) is 10.6 Å². The SMILES string of the molecule is O=C(O)NCCOCCOCCCc1ccc2c(c1)C(=O)N(C1CCC(=O)NC1=O)C2=O. The van der Waals surface area contributed by atoms with Crippen molar-refractivity contribution in [3.05, 3.63) is 34.9 Å². The monoisotopic (exact) mass is 447 g/mol. The van der Waals surface area contributed by atoms with Gasteiger partial charge in [0.1, 0.15) is 6.04 Å². The molecule has 1 aromatic rings. The number of carbonyl (C=O) groups excluding carboxylic acids is 4. The number of amides is 5. The molecule has 0 aliphatic carbocycles. The summed E-state index contributed by atoms with van der Waals surface area (Å²) in [7, 11) is 0. The van der Waals surface area contributed by atoms with Gasteiger partial charge in [0.05, 0.1) is 30.9 Å². The zero-order valence-electron chi connectivity index (χ0n) is 17.4. The summed E-state index contributed by atoms with van der Waals surface area (Å²) in [6.45, 7) is 1.70. The predicted octanol–water partition coefficient (Wildman–Crippen LogP) is 0.321. The van der Waals surface area contributed by atoms with E-state index in [9.17, 15) is 24.0 Å². The Labute approximate surface area is 184 Å². The molecule has 1 aromatic carbocycles. The van der Waals surface area contributed by atoms with Crippen molar-refractivity contribution in [3.8, 4) is 0 Å². The van der Waals surface area contributed by atoms with Crippen molar-refractivity contribution in [1.82, 2.24) is 15.5 Å². The number of nitrogens with zero attached hydrogens (tertiary/aromatic N) is 1. The van der Waals surface area contributed by atoms with Gasteiger partial charge in [0, 0.05) is 19.6 Å². The first-order valence-electron chi connectivity index (χ1n) is 10.3. The molecular weight excluding hydrogens is 422 g/mol. The van der Waals surface area contributed by atoms with E-state index in [1.54, 1.807) is 18.2 Å². The second-order valence-electron chi connectivity index (χ2n) is 7.39. The van der Waals surface area contributed by atoms with Crippen LogP contribution in [0.4, 0.5) is 4.79 Å². The molecule has 5 amide bonds. The maximum Gasteiger partial charge on any atom is 0.404 e. The van der Waals surface area contributed by atoms with Crippen molar-refractivity contribution < 1.29 is 38.6 Å². The molecule has 11 heteroatoms. The summed E-state index contributed by atoms with van der Waals surface area (Å²) in [5.41, 5.74) is 1.39. The minimum Gasteiger partial charge on any atom is -0.465 e. The van der Waals surface area contributed by atoms with Crippen LogP contribution in [0.1, 0.15) is 45.5 Å². The molecule has 3 N–H and O–H groups in total. The van der Waals surface area contributed by atoms with Gasteiger partial charge in [-0.3, -0.25) is 29.4 Å². The molecule has 1 saturated heterocycles. The lowest BCUT2D eigenvalue weighted by molar-refractivity contribution is -0.136. The van der Waals surface area contributed by atoms with Gasteiger partial charge < -0.3 is 19.9 Å². The predicted molar refractivity (Wildman–Crippen MR) is 109 cm³/mol. The number of rotatable bonds is 11. The van der Waals surface area contributed by atoms with E-state index < -0.39 is 35.8 Å². The lowest BCUT2D eigenvalue weighted by atomic mass is 10.0. The van der Waals surface area contributed by atoms with Crippen molar-refractivity contribution in [2.75, 3.05) is 33.0 Å². The summed E-state index contributed by atoms with van der Waals surface area (Å²) >= 11 is 0. The van der Waals surface area contributed by atoms with Crippen molar-refractivity contribution in [2.24, 2.45) is 0 Å². The van der Waals surface area contributed by atoms with Gasteiger partial charge in [0.2, 0.25) is 11.8 Å². The zero-order valence-corrected chi connectivity index (χ0v) is 17.4. The number of fused-ring (bicyclic) bond motifs is 1. The summed E-state index contributed by atoms with van der Waals surface area (Å²) in [4.78, 5) is 60.2. The highest BCUT2D eigenvalue weighted by Crippen LogP contribution is 2.28. The van der Waals surface area contributed by atoms with E-state index in [1.165, 1.54) is 0 Å². The minimum absolute atomic E-state index is 0.0827. The zero-order chi connectivity index (χ0) is 23.1. The maximum absolute atomic E-state index is 12.8. The Bertz CT molecular complexity index is 916. The van der Waals surface area contributed by atoms with Gasteiger partial charge in [-0.15, -0.1) is 0 Å². The van der Waals surface area contributed by atoms with Crippen molar-refractivity contribution in [1.29, 1.82) is 0 Å². The molecule has 0 radical (unpaired) electrons. The third-order valence-corrected chi connectivity index (χ3v) is 5.15. The number of nitrogens with one attached hydrogen (secondary N) is 2. The summed E-state index contributed by atoms with van der Waals surface area (Å²) in [5, 5.41) is 12.8. The first kappa shape index (κ1) is 23.4. The normalized spacial score (nSPS) is 18.0. The fourth-order valence-electron chi connectivity index (χ4n) is 3.60. The molecule has 1 unspecified atom stereocenters. The van der Waals surface area contributed by atoms with E-state index >= 15 is 0 Å². The van der Waals surface area contributed by atoms with Gasteiger partial charge >= 0.3 is 6.09 Å². The highest BCUT2D eigenvalue weighted by atomic mass is 16.5. The Hall–Kier alpha value is -3.31. The molecule has 2 heterocycles. The van der Waals surface area contributed by atoms with Gasteiger partial charge in [0.25, 0.3) is 11.8 Å². The number of benzene rings is 1. The number of hydrogen-bond donors (Lipinski definition) is 3. The number of hydrogen-bond acceptors (Lipinski definition) is 7. The molecule has 0 spiro atoms. The van der Waals surface area contributed by atoms with Crippen molar-refractivity contribution in [2.45, 2.75) is 31.7 Å². The van der Waals surface area contributed by atoms with Crippen molar-refractivity contribution >= 4 is 29.7 Å². The van der Waals surface area contributed by atoms with Crippen LogP contribution >= 0.6 is 0 Å². The van der Waals surface area contributed by atoms with Gasteiger partial charge in [0.15, 0.2) is 0 Å². The fourth-order valence-corrected chi connectivity index (χ4v) is 3.60. The Kier molecular flexibility index (Phi) is 7.90. The first-order chi connectivity index (χ1) is 15.4. The number of carbonyl (C=O) groups is 5. The van der Waals surface area contributed by atoms with Gasteiger partial charge in [-0.25, -0.2) is 4.79 Å². The van der Waals surface area contributed by atoms with Crippen LogP contribution in [0.5, 0.6) is 0 Å². The second-order valence-corrected chi connectivity index (χ2v) is 7.39. The van der Waals surface area contributed by atoms with Crippen LogP contribution < -0.4 is 10.6 Å². The third kappa shape index (κ3) is 5.68. The molecule has 32 heavy (non-hydrogen) atoms. The molecule has 2 aliphatic rings. The smallest absolute Gasteiger partial charge is 0.404 e. The van der Waals surface area contributed by atoms with Gasteiger partial charge in [-0.05, 0) is 37.0 Å². The van der Waals surface area contributed by atoms with E-state index in [4.69, 9.17) is 14.6 Å². The van der Waals surface area contributed by atoms with Gasteiger partial charge in [-0.2, -0.15) is 0 Å². The highest BCUT2D eigenvalue weighted by Gasteiger charge is 2.44. The van der Waals surface area contributed by atoms with E-state index in [1.807, 2.05) is 0 Å². The van der Waals surface area contributed by atoms with E-state index in [-0.39, 0.29) is 37.1 Å². The molecule has 1 fully saturated rings. The number of ether oxygens (including phenoxy) is 2. The third-order valence-electron chi connectivity index (χ3n) is 5.15. The lowest BCUT2D eigenvalue weighted by Gasteiger charge is -2.27. The highest BCUT2D eigenvalue weighted by molar-refractivity contribution is 6.23. The minimum atomic E-state index is -1.09. The van der Waals surface area contributed by atoms with Crippen LogP contribution in [0.3, 0.4) is 0 Å². The maximum atomic E-state index is 12.8. The Morgan fingerprint density at radius 1 is 1.06 bits per heavy atom. The van der Waals surface area contributed by atoms with Gasteiger partial charge in [-0.1, -0.05) is 6.07 Å².